The molecule has 0 amide bonds. The number of aliphatic imine (C=N–C) groups is 1. The highest BCUT2D eigenvalue weighted by Gasteiger charge is 2.15. The summed E-state index contributed by atoms with van der Waals surface area (Å²) in [6.45, 7) is 3.65. The van der Waals surface area contributed by atoms with Crippen molar-refractivity contribution in [1.82, 2.24) is 20.8 Å². The van der Waals surface area contributed by atoms with Crippen LogP contribution in [-0.4, -0.2) is 62.2 Å². The summed E-state index contributed by atoms with van der Waals surface area (Å²) in [5.41, 5.74) is 0.833. The summed E-state index contributed by atoms with van der Waals surface area (Å²) in [5, 5.41) is 11.1. The van der Waals surface area contributed by atoms with E-state index in [9.17, 15) is 0 Å². The van der Waals surface area contributed by atoms with E-state index in [1.54, 1.807) is 7.05 Å². The molecule has 1 saturated heterocycles. The Hall–Kier alpha value is -2.16. The molecule has 0 saturated carbocycles. The molecule has 9 heteroatoms. The lowest BCUT2D eigenvalue weighted by Crippen LogP contribution is -2.39. The van der Waals surface area contributed by atoms with Gasteiger partial charge >= 0.3 is 0 Å². The quantitative estimate of drug-likeness (QED) is 0.374. The molecular weight excluding hydrogens is 382 g/mol. The number of rotatable bonds is 9. The van der Waals surface area contributed by atoms with E-state index in [0.717, 1.165) is 37.5 Å². The molecule has 0 aliphatic carbocycles. The topological polar surface area (TPSA) is 93.8 Å². The highest BCUT2D eigenvalue weighted by Crippen LogP contribution is 2.19. The number of hydrogen-bond acceptors (Lipinski definition) is 6. The van der Waals surface area contributed by atoms with Gasteiger partial charge in [-0.2, -0.15) is 4.98 Å². The van der Waals surface area contributed by atoms with Gasteiger partial charge in [-0.25, -0.2) is 0 Å². The fourth-order valence-corrected chi connectivity index (χ4v) is 2.97. The lowest BCUT2D eigenvalue weighted by atomic mass is 10.2. The van der Waals surface area contributed by atoms with Crippen LogP contribution in [0.4, 0.5) is 0 Å². The Morgan fingerprint density at radius 2 is 2.25 bits per heavy atom. The molecule has 2 heterocycles. The first-order valence-corrected chi connectivity index (χ1v) is 9.85. The smallest absolute Gasteiger partial charge is 0.228 e. The van der Waals surface area contributed by atoms with E-state index in [4.69, 9.17) is 25.6 Å². The largest absolute Gasteiger partial charge is 0.379 e. The summed E-state index contributed by atoms with van der Waals surface area (Å²) < 4.78 is 16.3. The molecule has 2 aromatic rings. The zero-order valence-corrected chi connectivity index (χ0v) is 16.7. The van der Waals surface area contributed by atoms with Crippen LogP contribution in [0.15, 0.2) is 33.8 Å². The van der Waals surface area contributed by atoms with Crippen LogP contribution in [-0.2, 0) is 15.9 Å². The normalized spacial score (nSPS) is 17.1. The molecule has 1 aromatic carbocycles. The molecule has 1 aromatic heterocycles. The lowest BCUT2D eigenvalue weighted by Gasteiger charge is -2.12. The SMILES string of the molecule is CN=C(NCCCOC1CCOC1)NCCc1nc(-c2cccc(Cl)c2)no1. The van der Waals surface area contributed by atoms with Crippen LogP contribution in [0.1, 0.15) is 18.7 Å². The third kappa shape index (κ3) is 6.47. The minimum Gasteiger partial charge on any atom is -0.379 e. The number of benzene rings is 1. The molecule has 1 aliphatic heterocycles. The van der Waals surface area contributed by atoms with E-state index >= 15 is 0 Å². The Morgan fingerprint density at radius 1 is 1.36 bits per heavy atom. The van der Waals surface area contributed by atoms with Crippen LogP contribution >= 0.6 is 11.6 Å². The van der Waals surface area contributed by atoms with Crippen molar-refractivity contribution in [2.45, 2.75) is 25.4 Å². The molecule has 0 radical (unpaired) electrons. The molecule has 0 spiro atoms. The zero-order valence-electron chi connectivity index (χ0n) is 16.0. The van der Waals surface area contributed by atoms with Gasteiger partial charge in [-0.05, 0) is 25.0 Å². The number of nitrogens with one attached hydrogen (secondary N) is 2. The maximum Gasteiger partial charge on any atom is 0.228 e. The van der Waals surface area contributed by atoms with Gasteiger partial charge in [0.15, 0.2) is 5.96 Å². The Labute approximate surface area is 169 Å². The highest BCUT2D eigenvalue weighted by molar-refractivity contribution is 6.30. The number of guanidine groups is 1. The van der Waals surface area contributed by atoms with Gasteiger partial charge in [0.1, 0.15) is 0 Å². The van der Waals surface area contributed by atoms with Gasteiger partial charge in [-0.1, -0.05) is 28.9 Å². The summed E-state index contributed by atoms with van der Waals surface area (Å²) >= 11 is 6.00. The fourth-order valence-electron chi connectivity index (χ4n) is 2.78. The van der Waals surface area contributed by atoms with Crippen molar-refractivity contribution in [1.29, 1.82) is 0 Å². The molecule has 28 heavy (non-hydrogen) atoms. The van der Waals surface area contributed by atoms with Crippen LogP contribution in [0.3, 0.4) is 0 Å². The van der Waals surface area contributed by atoms with Gasteiger partial charge in [-0.15, -0.1) is 0 Å². The van der Waals surface area contributed by atoms with E-state index in [1.165, 1.54) is 0 Å². The first-order valence-electron chi connectivity index (χ1n) is 9.47. The highest BCUT2D eigenvalue weighted by atomic mass is 35.5. The molecule has 0 bridgehead atoms. The van der Waals surface area contributed by atoms with Crippen LogP contribution in [0.25, 0.3) is 11.4 Å². The fraction of sp³-hybridized carbons (Fsp3) is 0.526. The van der Waals surface area contributed by atoms with E-state index in [2.05, 4.69) is 25.8 Å². The molecule has 8 nitrogen and oxygen atoms in total. The maximum atomic E-state index is 6.00. The van der Waals surface area contributed by atoms with Gasteiger partial charge in [-0.3, -0.25) is 4.99 Å². The molecule has 1 unspecified atom stereocenters. The average Bonchev–Trinajstić information content (AvgIpc) is 3.38. The predicted octanol–water partition coefficient (Wildman–Crippen LogP) is 2.29. The van der Waals surface area contributed by atoms with Crippen molar-refractivity contribution in [3.05, 3.63) is 35.2 Å². The van der Waals surface area contributed by atoms with Gasteiger partial charge < -0.3 is 24.6 Å². The molecule has 1 fully saturated rings. The summed E-state index contributed by atoms with van der Waals surface area (Å²) in [7, 11) is 1.74. The van der Waals surface area contributed by atoms with E-state index < -0.39 is 0 Å². The average molecular weight is 408 g/mol. The van der Waals surface area contributed by atoms with Gasteiger partial charge in [0.25, 0.3) is 0 Å². The van der Waals surface area contributed by atoms with Crippen molar-refractivity contribution in [2.24, 2.45) is 4.99 Å². The molecular formula is C19H26ClN5O3. The Kier molecular flexibility index (Phi) is 8.07. The Morgan fingerprint density at radius 3 is 3.04 bits per heavy atom. The first-order chi connectivity index (χ1) is 13.7. The van der Waals surface area contributed by atoms with E-state index in [0.29, 0.717) is 42.9 Å². The second kappa shape index (κ2) is 11.0. The predicted molar refractivity (Wildman–Crippen MR) is 108 cm³/mol. The van der Waals surface area contributed by atoms with Crippen molar-refractivity contribution in [2.75, 3.05) is 40.0 Å². The van der Waals surface area contributed by atoms with Crippen molar-refractivity contribution < 1.29 is 14.0 Å². The Bertz CT molecular complexity index is 762. The number of ether oxygens (including phenoxy) is 2. The third-order valence-electron chi connectivity index (χ3n) is 4.26. The second-order valence-electron chi connectivity index (χ2n) is 6.41. The number of nitrogens with zero attached hydrogens (tertiary/aromatic N) is 3. The summed E-state index contributed by atoms with van der Waals surface area (Å²) in [6, 6.07) is 7.37. The van der Waals surface area contributed by atoms with Crippen molar-refractivity contribution >= 4 is 17.6 Å². The maximum absolute atomic E-state index is 6.00. The monoisotopic (exact) mass is 407 g/mol. The summed E-state index contributed by atoms with van der Waals surface area (Å²) in [4.78, 5) is 8.61. The van der Waals surface area contributed by atoms with Crippen LogP contribution in [0.5, 0.6) is 0 Å². The van der Waals surface area contributed by atoms with Gasteiger partial charge in [0, 0.05) is 50.4 Å². The van der Waals surface area contributed by atoms with E-state index in [-0.39, 0.29) is 6.10 Å². The first kappa shape index (κ1) is 20.6. The second-order valence-corrected chi connectivity index (χ2v) is 6.84. The van der Waals surface area contributed by atoms with Crippen LogP contribution in [0, 0.1) is 0 Å². The van der Waals surface area contributed by atoms with Crippen LogP contribution in [0.2, 0.25) is 5.02 Å². The number of hydrogen-bond donors (Lipinski definition) is 2. The van der Waals surface area contributed by atoms with Crippen LogP contribution < -0.4 is 10.6 Å². The third-order valence-corrected chi connectivity index (χ3v) is 4.50. The molecule has 152 valence electrons. The molecule has 1 atom stereocenters. The van der Waals surface area contributed by atoms with E-state index in [1.807, 2.05) is 24.3 Å². The summed E-state index contributed by atoms with van der Waals surface area (Å²) in [6.07, 6.45) is 2.75. The lowest BCUT2D eigenvalue weighted by molar-refractivity contribution is 0.0420. The van der Waals surface area contributed by atoms with Crippen molar-refractivity contribution in [3.63, 3.8) is 0 Å². The summed E-state index contributed by atoms with van der Waals surface area (Å²) in [5.74, 6) is 1.83. The molecule has 1 aliphatic rings. The zero-order chi connectivity index (χ0) is 19.6. The van der Waals surface area contributed by atoms with Gasteiger partial charge in [0.2, 0.25) is 11.7 Å². The van der Waals surface area contributed by atoms with Crippen molar-refractivity contribution in [3.8, 4) is 11.4 Å². The number of halogens is 1. The molecule has 2 N–H and O–H groups in total. The minimum absolute atomic E-state index is 0.253. The molecule has 3 rings (SSSR count). The number of aromatic nitrogens is 2. The Balaban J connectivity index is 1.33. The minimum atomic E-state index is 0.253. The standard InChI is InChI=1S/C19H26ClN5O3/c1-21-19(22-8-3-10-27-16-7-11-26-13-16)23-9-6-17-24-18(25-28-17)14-4-2-5-15(20)12-14/h2,4-5,12,16H,3,6-11,13H2,1H3,(H2,21,22,23). The van der Waals surface area contributed by atoms with Gasteiger partial charge in [0.05, 0.1) is 12.7 Å².